The maximum Gasteiger partial charge on any atom is 0.0345 e. The third-order valence-electron chi connectivity index (χ3n) is 3.82. The van der Waals surface area contributed by atoms with Gasteiger partial charge in [-0.15, -0.1) is 11.3 Å². The molecule has 0 aliphatic rings. The van der Waals surface area contributed by atoms with E-state index in [9.17, 15) is 0 Å². The monoisotopic (exact) mass is 295 g/mol. The fraction of sp³-hybridized carbons (Fsp3) is 0.263. The molecule has 0 aliphatic carbocycles. The molecular formula is C19H21NS. The highest BCUT2D eigenvalue weighted by molar-refractivity contribution is 7.17. The lowest BCUT2D eigenvalue weighted by Crippen LogP contribution is -2.25. The first kappa shape index (κ1) is 14.3. The van der Waals surface area contributed by atoms with E-state index in [4.69, 9.17) is 5.73 Å². The Labute approximate surface area is 130 Å². The third-order valence-corrected chi connectivity index (χ3v) is 4.83. The fourth-order valence-electron chi connectivity index (χ4n) is 3.04. The molecule has 0 amide bonds. The molecule has 0 saturated heterocycles. The number of rotatable bonds is 4. The van der Waals surface area contributed by atoms with E-state index in [2.05, 4.69) is 61.7 Å². The summed E-state index contributed by atoms with van der Waals surface area (Å²) in [5.74, 6) is 0. The van der Waals surface area contributed by atoms with Gasteiger partial charge in [-0.1, -0.05) is 47.5 Å². The second-order valence-electron chi connectivity index (χ2n) is 5.92. The molecule has 1 aromatic heterocycles. The zero-order valence-electron chi connectivity index (χ0n) is 12.6. The van der Waals surface area contributed by atoms with E-state index in [1.54, 1.807) is 0 Å². The van der Waals surface area contributed by atoms with E-state index in [1.807, 2.05) is 11.3 Å². The largest absolute Gasteiger partial charge is 0.327 e. The average Bonchev–Trinajstić information content (AvgIpc) is 2.81. The molecule has 0 bridgehead atoms. The Morgan fingerprint density at radius 3 is 2.48 bits per heavy atom. The molecule has 0 radical (unpaired) electrons. The third kappa shape index (κ3) is 3.34. The molecule has 1 unspecified atom stereocenters. The first-order valence-electron chi connectivity index (χ1n) is 7.39. The lowest BCUT2D eigenvalue weighted by molar-refractivity contribution is 0.668. The van der Waals surface area contributed by atoms with Crippen LogP contribution in [0.4, 0.5) is 0 Å². The number of hydrogen-bond donors (Lipinski definition) is 1. The summed E-state index contributed by atoms with van der Waals surface area (Å²) in [5.41, 5.74) is 11.8. The Balaban J connectivity index is 1.75. The molecule has 1 atom stereocenters. The van der Waals surface area contributed by atoms with Gasteiger partial charge in [0.25, 0.3) is 0 Å². The number of nitrogens with two attached hydrogens (primary N) is 1. The van der Waals surface area contributed by atoms with Crippen LogP contribution in [0.25, 0.3) is 10.1 Å². The molecule has 2 heteroatoms. The predicted molar refractivity (Wildman–Crippen MR) is 93.1 cm³/mol. The first-order valence-corrected chi connectivity index (χ1v) is 8.27. The number of fused-ring (bicyclic) bond motifs is 1. The van der Waals surface area contributed by atoms with E-state index in [0.29, 0.717) is 0 Å². The van der Waals surface area contributed by atoms with Gasteiger partial charge in [-0.25, -0.2) is 0 Å². The molecule has 21 heavy (non-hydrogen) atoms. The van der Waals surface area contributed by atoms with Crippen molar-refractivity contribution in [3.8, 4) is 0 Å². The highest BCUT2D eigenvalue weighted by Crippen LogP contribution is 2.26. The normalized spacial score (nSPS) is 12.7. The van der Waals surface area contributed by atoms with Crippen molar-refractivity contribution < 1.29 is 0 Å². The van der Waals surface area contributed by atoms with E-state index < -0.39 is 0 Å². The molecule has 0 aliphatic heterocycles. The molecule has 3 rings (SSSR count). The van der Waals surface area contributed by atoms with Crippen LogP contribution in [0.3, 0.4) is 0 Å². The minimum Gasteiger partial charge on any atom is -0.327 e. The zero-order chi connectivity index (χ0) is 14.8. The highest BCUT2D eigenvalue weighted by atomic mass is 32.1. The van der Waals surface area contributed by atoms with Crippen molar-refractivity contribution in [3.63, 3.8) is 0 Å². The van der Waals surface area contributed by atoms with E-state index >= 15 is 0 Å². The van der Waals surface area contributed by atoms with Crippen LogP contribution in [0.15, 0.2) is 47.8 Å². The first-order chi connectivity index (χ1) is 10.1. The van der Waals surface area contributed by atoms with Crippen LogP contribution < -0.4 is 5.73 Å². The molecule has 1 heterocycles. The van der Waals surface area contributed by atoms with Gasteiger partial charge in [-0.3, -0.25) is 0 Å². The average molecular weight is 295 g/mol. The Kier molecular flexibility index (Phi) is 4.09. The van der Waals surface area contributed by atoms with E-state index in [0.717, 1.165) is 12.8 Å². The van der Waals surface area contributed by atoms with Gasteiger partial charge in [0, 0.05) is 10.7 Å². The number of aryl methyl sites for hydroxylation is 2. The Bertz CT molecular complexity index is 737. The molecule has 2 N–H and O–H groups in total. The summed E-state index contributed by atoms with van der Waals surface area (Å²) in [6.45, 7) is 4.29. The quantitative estimate of drug-likeness (QED) is 0.746. The highest BCUT2D eigenvalue weighted by Gasteiger charge is 2.10. The van der Waals surface area contributed by atoms with Gasteiger partial charge in [0.1, 0.15) is 0 Å². The summed E-state index contributed by atoms with van der Waals surface area (Å²) in [6, 6.07) is 15.5. The summed E-state index contributed by atoms with van der Waals surface area (Å²) in [5, 5.41) is 3.62. The van der Waals surface area contributed by atoms with Crippen molar-refractivity contribution in [2.75, 3.05) is 0 Å². The van der Waals surface area contributed by atoms with Crippen LogP contribution in [0.5, 0.6) is 0 Å². The molecule has 2 aromatic carbocycles. The minimum absolute atomic E-state index is 0.171. The smallest absolute Gasteiger partial charge is 0.0345 e. The summed E-state index contributed by atoms with van der Waals surface area (Å²) < 4.78 is 1.35. The maximum absolute atomic E-state index is 6.39. The molecule has 0 fully saturated rings. The molecule has 0 saturated carbocycles. The predicted octanol–water partition coefficient (Wildman–Crippen LogP) is 4.63. The lowest BCUT2D eigenvalue weighted by atomic mass is 9.97. The summed E-state index contributed by atoms with van der Waals surface area (Å²) in [4.78, 5) is 0. The second-order valence-corrected chi connectivity index (χ2v) is 6.83. The molecule has 1 nitrogen and oxygen atoms in total. The van der Waals surface area contributed by atoms with Crippen LogP contribution in [0, 0.1) is 13.8 Å². The SMILES string of the molecule is Cc1cc(C)cc(CC(N)Cc2csc3ccccc23)c1. The van der Waals surface area contributed by atoms with Gasteiger partial charge >= 0.3 is 0 Å². The number of hydrogen-bond acceptors (Lipinski definition) is 2. The van der Waals surface area contributed by atoms with E-state index in [-0.39, 0.29) is 6.04 Å². The van der Waals surface area contributed by atoms with Crippen LogP contribution in [-0.2, 0) is 12.8 Å². The fourth-order valence-corrected chi connectivity index (χ4v) is 4.01. The minimum atomic E-state index is 0.171. The maximum atomic E-state index is 6.39. The molecule has 108 valence electrons. The van der Waals surface area contributed by atoms with E-state index in [1.165, 1.54) is 32.3 Å². The molecular weight excluding hydrogens is 274 g/mol. The van der Waals surface area contributed by atoms with Crippen molar-refractivity contribution in [1.29, 1.82) is 0 Å². The second kappa shape index (κ2) is 6.00. The van der Waals surface area contributed by atoms with Gasteiger partial charge in [-0.05, 0) is 54.6 Å². The summed E-state index contributed by atoms with van der Waals surface area (Å²) in [7, 11) is 0. The van der Waals surface area contributed by atoms with Gasteiger partial charge in [0.05, 0.1) is 0 Å². The zero-order valence-corrected chi connectivity index (χ0v) is 13.4. The van der Waals surface area contributed by atoms with Crippen LogP contribution >= 0.6 is 11.3 Å². The summed E-state index contributed by atoms with van der Waals surface area (Å²) >= 11 is 1.81. The Morgan fingerprint density at radius 2 is 1.71 bits per heavy atom. The van der Waals surface area contributed by atoms with Gasteiger partial charge < -0.3 is 5.73 Å². The van der Waals surface area contributed by atoms with Gasteiger partial charge in [0.15, 0.2) is 0 Å². The van der Waals surface area contributed by atoms with Crippen molar-refractivity contribution in [2.24, 2.45) is 5.73 Å². The van der Waals surface area contributed by atoms with Gasteiger partial charge in [-0.2, -0.15) is 0 Å². The number of benzene rings is 2. The van der Waals surface area contributed by atoms with Crippen molar-refractivity contribution in [2.45, 2.75) is 32.7 Å². The Morgan fingerprint density at radius 1 is 1.00 bits per heavy atom. The van der Waals surface area contributed by atoms with Crippen LogP contribution in [0.2, 0.25) is 0 Å². The molecule has 0 spiro atoms. The summed E-state index contributed by atoms with van der Waals surface area (Å²) in [6.07, 6.45) is 1.88. The van der Waals surface area contributed by atoms with Crippen molar-refractivity contribution >= 4 is 21.4 Å². The standard InChI is InChI=1S/C19H21NS/c1-13-7-14(2)9-15(8-13)10-17(20)11-16-12-21-19-6-4-3-5-18(16)19/h3-9,12,17H,10-11,20H2,1-2H3. The van der Waals surface area contributed by atoms with Crippen LogP contribution in [0.1, 0.15) is 22.3 Å². The lowest BCUT2D eigenvalue weighted by Gasteiger charge is -2.12. The molecule has 3 aromatic rings. The topological polar surface area (TPSA) is 26.0 Å². The van der Waals surface area contributed by atoms with Crippen LogP contribution in [-0.4, -0.2) is 6.04 Å². The number of thiophene rings is 1. The van der Waals surface area contributed by atoms with Crippen molar-refractivity contribution in [1.82, 2.24) is 0 Å². The Hall–Kier alpha value is -1.64. The van der Waals surface area contributed by atoms with Gasteiger partial charge in [0.2, 0.25) is 0 Å². The van der Waals surface area contributed by atoms with Crippen molar-refractivity contribution in [3.05, 3.63) is 70.1 Å².